The lowest BCUT2D eigenvalue weighted by Gasteiger charge is -2.26. The molecule has 2 heterocycles. The van der Waals surface area contributed by atoms with Crippen molar-refractivity contribution in [2.45, 2.75) is 44.7 Å². The highest BCUT2D eigenvalue weighted by Gasteiger charge is 2.45. The van der Waals surface area contributed by atoms with Crippen molar-refractivity contribution in [3.63, 3.8) is 0 Å². The lowest BCUT2D eigenvalue weighted by Crippen LogP contribution is -2.47. The summed E-state index contributed by atoms with van der Waals surface area (Å²) in [6, 6.07) is 8.76. The summed E-state index contributed by atoms with van der Waals surface area (Å²) in [7, 11) is 2.91. The van der Waals surface area contributed by atoms with Gasteiger partial charge in [0.15, 0.2) is 0 Å². The number of nitrogens with zero attached hydrogens (tertiary/aromatic N) is 3. The molecule has 42 heavy (non-hydrogen) atoms. The Morgan fingerprint density at radius 2 is 1.79 bits per heavy atom. The number of aryl methyl sites for hydroxylation is 2. The summed E-state index contributed by atoms with van der Waals surface area (Å²) >= 11 is 0. The molecule has 0 radical (unpaired) electrons. The van der Waals surface area contributed by atoms with Crippen molar-refractivity contribution < 1.29 is 27.8 Å². The van der Waals surface area contributed by atoms with Crippen molar-refractivity contribution in [3.05, 3.63) is 81.3 Å². The molecule has 10 nitrogen and oxygen atoms in total. The number of ether oxygens (including phenoxy) is 2. The van der Waals surface area contributed by atoms with Crippen molar-refractivity contribution >= 4 is 17.6 Å². The Morgan fingerprint density at radius 1 is 1.05 bits per heavy atom. The van der Waals surface area contributed by atoms with E-state index in [9.17, 15) is 14.4 Å². The van der Waals surface area contributed by atoms with Crippen LogP contribution in [0.5, 0.6) is 11.5 Å². The third-order valence-corrected chi connectivity index (χ3v) is 8.05. The number of urea groups is 1. The molecule has 1 aliphatic heterocycles. The van der Waals surface area contributed by atoms with Gasteiger partial charge in [0.2, 0.25) is 5.91 Å². The lowest BCUT2D eigenvalue weighted by atomic mass is 9.87. The van der Waals surface area contributed by atoms with Crippen LogP contribution in [0.25, 0.3) is 0 Å². The molecule has 12 heteroatoms. The normalized spacial score (nSPS) is 19.8. The zero-order chi connectivity index (χ0) is 30.0. The first-order chi connectivity index (χ1) is 20.2. The van der Waals surface area contributed by atoms with Gasteiger partial charge in [-0.3, -0.25) is 9.59 Å². The fourth-order valence-electron chi connectivity index (χ4n) is 5.85. The fourth-order valence-corrected chi connectivity index (χ4v) is 5.85. The molecule has 0 spiro atoms. The molecular weight excluding hydrogens is 548 g/mol. The molecule has 3 atom stereocenters. The molecule has 2 aliphatic rings. The van der Waals surface area contributed by atoms with E-state index in [-0.39, 0.29) is 42.7 Å². The van der Waals surface area contributed by atoms with E-state index >= 15 is 8.78 Å². The monoisotopic (exact) mass is 581 g/mol. The van der Waals surface area contributed by atoms with E-state index in [0.717, 1.165) is 36.3 Å². The largest absolute Gasteiger partial charge is 0.497 e. The second kappa shape index (κ2) is 12.2. The maximum absolute atomic E-state index is 15.2. The van der Waals surface area contributed by atoms with Crippen LogP contribution < -0.4 is 30.6 Å². The number of benzene rings is 2. The fraction of sp³-hybridized carbons (Fsp3) is 0.400. The van der Waals surface area contributed by atoms with Gasteiger partial charge in [-0.25, -0.2) is 18.3 Å². The van der Waals surface area contributed by atoms with Gasteiger partial charge in [0.1, 0.15) is 28.8 Å². The minimum Gasteiger partial charge on any atom is -0.497 e. The molecule has 2 N–H and O–H groups in total. The van der Waals surface area contributed by atoms with Crippen molar-refractivity contribution in [2.75, 3.05) is 32.2 Å². The molecule has 3 amide bonds. The van der Waals surface area contributed by atoms with E-state index < -0.39 is 41.0 Å². The number of carbonyl (C=O) groups excluding carboxylic acids is 2. The molecule has 0 bridgehead atoms. The van der Waals surface area contributed by atoms with Gasteiger partial charge in [-0.15, -0.1) is 0 Å². The predicted octanol–water partition coefficient (Wildman–Crippen LogP) is 3.16. The van der Waals surface area contributed by atoms with Gasteiger partial charge in [0.05, 0.1) is 20.1 Å². The molecule has 2 aromatic carbocycles. The number of methoxy groups -OCH3 is 2. The third-order valence-electron chi connectivity index (χ3n) is 8.05. The van der Waals surface area contributed by atoms with Crippen molar-refractivity contribution in [1.29, 1.82) is 0 Å². The molecule has 3 aromatic rings. The maximum atomic E-state index is 15.2. The van der Waals surface area contributed by atoms with E-state index in [1.54, 1.807) is 14.0 Å². The van der Waals surface area contributed by atoms with Gasteiger partial charge in [-0.1, -0.05) is 6.07 Å². The van der Waals surface area contributed by atoms with Crippen molar-refractivity contribution in [1.82, 2.24) is 20.4 Å². The molecular formula is C30H33F2N5O5. The standard InChI is InChI=1S/C30H33F2N5O5/c1-4-37-29(39)26(9-10-34-37)36-16-23(27-24(31)13-21(42-3)14-25(27)32)22(28(36)38)15-33-30(40)35-19-7-5-18-12-20(41-2)8-6-17(18)11-19/h6,8-10,12-14,19,22-23H,4-5,7,11,15-16H2,1-3H3,(H2,33,35,40)/t19?,22?,23-/m1/s1. The first kappa shape index (κ1) is 29.0. The Hall–Kier alpha value is -4.48. The summed E-state index contributed by atoms with van der Waals surface area (Å²) in [5.74, 6) is -3.51. The molecule has 1 fully saturated rings. The molecule has 1 aromatic heterocycles. The van der Waals surface area contributed by atoms with Gasteiger partial charge < -0.3 is 25.0 Å². The summed E-state index contributed by atoms with van der Waals surface area (Å²) in [5, 5.41) is 9.68. The first-order valence-electron chi connectivity index (χ1n) is 13.8. The van der Waals surface area contributed by atoms with E-state index in [4.69, 9.17) is 9.47 Å². The number of fused-ring (bicyclic) bond motifs is 1. The number of anilines is 1. The van der Waals surface area contributed by atoms with Gasteiger partial charge >= 0.3 is 6.03 Å². The topological polar surface area (TPSA) is 115 Å². The van der Waals surface area contributed by atoms with Crippen LogP contribution in [0.3, 0.4) is 0 Å². The van der Waals surface area contributed by atoms with Gasteiger partial charge in [0.25, 0.3) is 5.56 Å². The van der Waals surface area contributed by atoms with E-state index in [0.29, 0.717) is 6.42 Å². The van der Waals surface area contributed by atoms with E-state index in [1.165, 1.54) is 34.5 Å². The van der Waals surface area contributed by atoms with Crippen LogP contribution in [0.15, 0.2) is 47.4 Å². The van der Waals surface area contributed by atoms with Gasteiger partial charge in [0, 0.05) is 55.5 Å². The predicted molar refractivity (Wildman–Crippen MR) is 151 cm³/mol. The Morgan fingerprint density at radius 3 is 2.48 bits per heavy atom. The van der Waals surface area contributed by atoms with Crippen LogP contribution in [0, 0.1) is 17.6 Å². The average molecular weight is 582 g/mol. The zero-order valence-corrected chi connectivity index (χ0v) is 23.7. The Bertz CT molecular complexity index is 1540. The Balaban J connectivity index is 1.35. The SMILES string of the molecule is CCn1nccc(N2C[C@@H](c3c(F)cc(OC)cc3F)C(CNC(=O)NC3CCc4cc(OC)ccc4C3)C2=O)c1=O. The van der Waals surface area contributed by atoms with Crippen LogP contribution in [-0.4, -0.2) is 55.1 Å². The zero-order valence-electron chi connectivity index (χ0n) is 23.7. The molecule has 1 aliphatic carbocycles. The number of hydrogen-bond donors (Lipinski definition) is 2. The average Bonchev–Trinajstić information content (AvgIpc) is 3.30. The number of aromatic nitrogens is 2. The number of hydrogen-bond acceptors (Lipinski definition) is 6. The molecule has 0 saturated carbocycles. The van der Waals surface area contributed by atoms with Crippen molar-refractivity contribution in [2.24, 2.45) is 5.92 Å². The molecule has 5 rings (SSSR count). The van der Waals surface area contributed by atoms with Gasteiger partial charge in [-0.2, -0.15) is 5.10 Å². The van der Waals surface area contributed by atoms with Crippen LogP contribution in [0.4, 0.5) is 19.3 Å². The number of nitrogens with one attached hydrogen (secondary N) is 2. The van der Waals surface area contributed by atoms with Crippen LogP contribution in [0.2, 0.25) is 0 Å². The smallest absolute Gasteiger partial charge is 0.315 e. The van der Waals surface area contributed by atoms with Crippen molar-refractivity contribution in [3.8, 4) is 11.5 Å². The summed E-state index contributed by atoms with van der Waals surface area (Å²) in [4.78, 5) is 40.8. The molecule has 1 saturated heterocycles. The highest BCUT2D eigenvalue weighted by Crippen LogP contribution is 2.39. The highest BCUT2D eigenvalue weighted by atomic mass is 19.1. The first-order valence-corrected chi connectivity index (χ1v) is 13.8. The number of halogens is 2. The van der Waals surface area contributed by atoms with E-state index in [2.05, 4.69) is 15.7 Å². The minimum absolute atomic E-state index is 0.00329. The number of rotatable bonds is 8. The quantitative estimate of drug-likeness (QED) is 0.423. The Kier molecular flexibility index (Phi) is 8.41. The van der Waals surface area contributed by atoms with Crippen LogP contribution >= 0.6 is 0 Å². The number of amides is 3. The second-order valence-electron chi connectivity index (χ2n) is 10.4. The molecule has 222 valence electrons. The highest BCUT2D eigenvalue weighted by molar-refractivity contribution is 5.98. The summed E-state index contributed by atoms with van der Waals surface area (Å²) in [6.07, 6.45) is 3.53. The third kappa shape index (κ3) is 5.65. The van der Waals surface area contributed by atoms with E-state index in [1.807, 2.05) is 18.2 Å². The van der Waals surface area contributed by atoms with Crippen LogP contribution in [-0.2, 0) is 24.2 Å². The molecule has 2 unspecified atom stereocenters. The number of carbonyl (C=O) groups is 2. The van der Waals surface area contributed by atoms with Crippen LogP contribution in [0.1, 0.15) is 36.0 Å². The summed E-state index contributed by atoms with van der Waals surface area (Å²) in [6.45, 7) is 1.68. The summed E-state index contributed by atoms with van der Waals surface area (Å²) < 4.78 is 41.9. The minimum atomic E-state index is -1.03. The lowest BCUT2D eigenvalue weighted by molar-refractivity contribution is -0.120. The second-order valence-corrected chi connectivity index (χ2v) is 10.4. The maximum Gasteiger partial charge on any atom is 0.315 e. The Labute approximate surface area is 241 Å². The summed E-state index contributed by atoms with van der Waals surface area (Å²) in [5.41, 5.74) is 1.55. The van der Waals surface area contributed by atoms with Gasteiger partial charge in [-0.05, 0) is 55.5 Å².